The fourth-order valence-corrected chi connectivity index (χ4v) is 3.29. The number of rotatable bonds is 1. The van der Waals surface area contributed by atoms with Gasteiger partial charge >= 0.3 is 0 Å². The molecule has 2 rings (SSSR count). The summed E-state index contributed by atoms with van der Waals surface area (Å²) in [5, 5.41) is 3.24. The summed E-state index contributed by atoms with van der Waals surface area (Å²) in [6, 6.07) is 0. The van der Waals surface area contributed by atoms with Crippen molar-refractivity contribution in [3.05, 3.63) is 0 Å². The van der Waals surface area contributed by atoms with Crippen molar-refractivity contribution in [2.75, 3.05) is 37.7 Å². The Morgan fingerprint density at radius 1 is 1.33 bits per heavy atom. The number of hydrogen-bond acceptors (Lipinski definition) is 3. The molecule has 2 fully saturated rings. The third-order valence-corrected chi connectivity index (χ3v) is 4.60. The van der Waals surface area contributed by atoms with E-state index in [0.29, 0.717) is 30.5 Å². The highest BCUT2D eigenvalue weighted by Gasteiger charge is 2.33. The van der Waals surface area contributed by atoms with E-state index in [-0.39, 0.29) is 11.8 Å². The Labute approximate surface area is 92.9 Å². The SMILES string of the molecule is CC1CNCC1C(=O)N1CCS(=O)CC1. The predicted molar refractivity (Wildman–Crippen MR) is 60.0 cm³/mol. The zero-order valence-corrected chi connectivity index (χ0v) is 9.89. The summed E-state index contributed by atoms with van der Waals surface area (Å²) in [5.41, 5.74) is 0. The fraction of sp³-hybridized carbons (Fsp3) is 0.900. The molecule has 2 atom stereocenters. The molecule has 5 heteroatoms. The van der Waals surface area contributed by atoms with Crippen LogP contribution < -0.4 is 5.32 Å². The van der Waals surface area contributed by atoms with E-state index in [9.17, 15) is 9.00 Å². The molecular formula is C10H18N2O2S. The first kappa shape index (κ1) is 11.1. The topological polar surface area (TPSA) is 49.4 Å². The normalized spacial score (nSPS) is 33.3. The van der Waals surface area contributed by atoms with Gasteiger partial charge in [0.15, 0.2) is 0 Å². The van der Waals surface area contributed by atoms with Gasteiger partial charge in [-0.05, 0) is 12.5 Å². The van der Waals surface area contributed by atoms with Gasteiger partial charge in [0.25, 0.3) is 0 Å². The molecule has 0 radical (unpaired) electrons. The maximum atomic E-state index is 12.1. The van der Waals surface area contributed by atoms with Crippen LogP contribution in [0, 0.1) is 11.8 Å². The molecule has 2 aliphatic heterocycles. The fourth-order valence-electron chi connectivity index (χ4n) is 2.23. The van der Waals surface area contributed by atoms with Crippen LogP contribution in [0.25, 0.3) is 0 Å². The van der Waals surface area contributed by atoms with Gasteiger partial charge in [0, 0.05) is 41.9 Å². The maximum Gasteiger partial charge on any atom is 0.227 e. The molecule has 2 unspecified atom stereocenters. The van der Waals surface area contributed by atoms with Crippen LogP contribution in [-0.4, -0.2) is 52.7 Å². The highest BCUT2D eigenvalue weighted by molar-refractivity contribution is 7.85. The number of nitrogens with zero attached hydrogens (tertiary/aromatic N) is 1. The molecule has 0 aromatic heterocycles. The minimum atomic E-state index is -0.697. The van der Waals surface area contributed by atoms with Crippen molar-refractivity contribution >= 4 is 16.7 Å². The van der Waals surface area contributed by atoms with E-state index in [1.807, 2.05) is 4.90 Å². The van der Waals surface area contributed by atoms with Gasteiger partial charge in [-0.1, -0.05) is 6.92 Å². The standard InChI is InChI=1S/C10H18N2O2S/c1-8-6-11-7-9(8)10(13)12-2-4-15(14)5-3-12/h8-9,11H,2-7H2,1H3. The Kier molecular flexibility index (Phi) is 3.41. The van der Waals surface area contributed by atoms with E-state index in [1.54, 1.807) is 0 Å². The predicted octanol–water partition coefficient (Wildman–Crippen LogP) is -0.567. The van der Waals surface area contributed by atoms with Crippen molar-refractivity contribution in [1.82, 2.24) is 10.2 Å². The minimum Gasteiger partial charge on any atom is -0.341 e. The minimum absolute atomic E-state index is 0.136. The summed E-state index contributed by atoms with van der Waals surface area (Å²) < 4.78 is 11.2. The number of hydrogen-bond donors (Lipinski definition) is 1. The van der Waals surface area contributed by atoms with Gasteiger partial charge in [-0.3, -0.25) is 9.00 Å². The van der Waals surface area contributed by atoms with Crippen LogP contribution in [0.4, 0.5) is 0 Å². The number of carbonyl (C=O) groups excluding carboxylic acids is 1. The summed E-state index contributed by atoms with van der Waals surface area (Å²) in [5.74, 6) is 2.13. The van der Waals surface area contributed by atoms with Gasteiger partial charge < -0.3 is 10.2 Å². The smallest absolute Gasteiger partial charge is 0.227 e. The van der Waals surface area contributed by atoms with Crippen molar-refractivity contribution in [3.63, 3.8) is 0 Å². The Hall–Kier alpha value is -0.420. The van der Waals surface area contributed by atoms with E-state index < -0.39 is 10.8 Å². The zero-order chi connectivity index (χ0) is 10.8. The molecule has 15 heavy (non-hydrogen) atoms. The molecule has 86 valence electrons. The lowest BCUT2D eigenvalue weighted by Crippen LogP contribution is -2.46. The van der Waals surface area contributed by atoms with E-state index in [4.69, 9.17) is 0 Å². The number of nitrogens with one attached hydrogen (secondary N) is 1. The van der Waals surface area contributed by atoms with Crippen LogP contribution >= 0.6 is 0 Å². The summed E-state index contributed by atoms with van der Waals surface area (Å²) in [7, 11) is -0.697. The molecule has 2 heterocycles. The number of amides is 1. The van der Waals surface area contributed by atoms with Gasteiger partial charge in [-0.15, -0.1) is 0 Å². The van der Waals surface area contributed by atoms with Crippen molar-refractivity contribution < 1.29 is 9.00 Å². The molecule has 0 aromatic carbocycles. The quantitative estimate of drug-likeness (QED) is 0.656. The second-order valence-corrected chi connectivity index (χ2v) is 6.11. The van der Waals surface area contributed by atoms with Crippen molar-refractivity contribution in [2.24, 2.45) is 11.8 Å². The first-order valence-electron chi connectivity index (χ1n) is 5.53. The zero-order valence-electron chi connectivity index (χ0n) is 9.07. The third kappa shape index (κ3) is 2.39. The van der Waals surface area contributed by atoms with E-state index in [1.165, 1.54) is 0 Å². The molecule has 0 saturated carbocycles. The van der Waals surface area contributed by atoms with Gasteiger partial charge in [0.2, 0.25) is 5.91 Å². The van der Waals surface area contributed by atoms with E-state index in [2.05, 4.69) is 12.2 Å². The van der Waals surface area contributed by atoms with Crippen molar-refractivity contribution in [2.45, 2.75) is 6.92 Å². The van der Waals surface area contributed by atoms with Crippen molar-refractivity contribution in [1.29, 1.82) is 0 Å². The van der Waals surface area contributed by atoms with E-state index >= 15 is 0 Å². The summed E-state index contributed by atoms with van der Waals surface area (Å²) in [4.78, 5) is 14.0. The Bertz CT molecular complexity index is 273. The Morgan fingerprint density at radius 3 is 2.53 bits per heavy atom. The van der Waals surface area contributed by atoms with Crippen LogP contribution in [0.1, 0.15) is 6.92 Å². The highest BCUT2D eigenvalue weighted by Crippen LogP contribution is 2.19. The molecular weight excluding hydrogens is 212 g/mol. The monoisotopic (exact) mass is 230 g/mol. The number of carbonyl (C=O) groups is 1. The van der Waals surface area contributed by atoms with Crippen LogP contribution in [-0.2, 0) is 15.6 Å². The van der Waals surface area contributed by atoms with E-state index in [0.717, 1.165) is 13.1 Å². The maximum absolute atomic E-state index is 12.1. The average molecular weight is 230 g/mol. The molecule has 0 aromatic rings. The highest BCUT2D eigenvalue weighted by atomic mass is 32.2. The lowest BCUT2D eigenvalue weighted by atomic mass is 9.96. The van der Waals surface area contributed by atoms with Gasteiger partial charge in [-0.2, -0.15) is 0 Å². The molecule has 1 amide bonds. The second-order valence-electron chi connectivity index (χ2n) is 4.42. The Balaban J connectivity index is 1.93. The molecule has 1 N–H and O–H groups in total. The third-order valence-electron chi connectivity index (χ3n) is 3.32. The van der Waals surface area contributed by atoms with Gasteiger partial charge in [0.05, 0.1) is 5.92 Å². The molecule has 2 saturated heterocycles. The van der Waals surface area contributed by atoms with Gasteiger partial charge in [0.1, 0.15) is 0 Å². The lowest BCUT2D eigenvalue weighted by molar-refractivity contribution is -0.135. The second kappa shape index (κ2) is 4.61. The molecule has 0 bridgehead atoms. The first-order valence-corrected chi connectivity index (χ1v) is 7.02. The largest absolute Gasteiger partial charge is 0.341 e. The molecule has 2 aliphatic rings. The lowest BCUT2D eigenvalue weighted by Gasteiger charge is -2.29. The summed E-state index contributed by atoms with van der Waals surface area (Å²) in [6.07, 6.45) is 0. The average Bonchev–Trinajstić information content (AvgIpc) is 2.65. The van der Waals surface area contributed by atoms with Crippen LogP contribution in [0.2, 0.25) is 0 Å². The molecule has 0 spiro atoms. The first-order chi connectivity index (χ1) is 7.18. The summed E-state index contributed by atoms with van der Waals surface area (Å²) >= 11 is 0. The molecule has 0 aliphatic carbocycles. The van der Waals surface area contributed by atoms with Crippen LogP contribution in [0.5, 0.6) is 0 Å². The van der Waals surface area contributed by atoms with Crippen LogP contribution in [0.15, 0.2) is 0 Å². The molecule has 4 nitrogen and oxygen atoms in total. The van der Waals surface area contributed by atoms with Gasteiger partial charge in [-0.25, -0.2) is 0 Å². The summed E-state index contributed by atoms with van der Waals surface area (Å²) in [6.45, 7) is 5.21. The Morgan fingerprint density at radius 2 is 2.00 bits per heavy atom. The van der Waals surface area contributed by atoms with Crippen LogP contribution in [0.3, 0.4) is 0 Å². The van der Waals surface area contributed by atoms with Crippen molar-refractivity contribution in [3.8, 4) is 0 Å².